The lowest BCUT2D eigenvalue weighted by molar-refractivity contribution is -0.384. The molecule has 1 aliphatic carbocycles. The summed E-state index contributed by atoms with van der Waals surface area (Å²) in [4.78, 5) is 10.7. The van der Waals surface area contributed by atoms with Crippen LogP contribution in [0.1, 0.15) is 32.6 Å². The monoisotopic (exact) mass is 346 g/mol. The Morgan fingerprint density at radius 3 is 2.71 bits per heavy atom. The lowest BCUT2D eigenvalue weighted by Gasteiger charge is -2.42. The van der Waals surface area contributed by atoms with Crippen molar-refractivity contribution in [1.29, 1.82) is 0 Å². The van der Waals surface area contributed by atoms with E-state index in [-0.39, 0.29) is 16.1 Å². The van der Waals surface area contributed by atoms with Crippen LogP contribution < -0.4 is 5.32 Å². The number of anilines is 1. The molecule has 0 heterocycles. The zero-order valence-electron chi connectivity index (χ0n) is 9.70. The molecule has 0 saturated heterocycles. The molecule has 4 nitrogen and oxygen atoms in total. The Kier molecular flexibility index (Phi) is 3.56. The Morgan fingerprint density at radius 2 is 2.24 bits per heavy atom. The fourth-order valence-electron chi connectivity index (χ4n) is 2.22. The highest BCUT2D eigenvalue weighted by molar-refractivity contribution is 14.1. The molecule has 17 heavy (non-hydrogen) atoms. The average molecular weight is 346 g/mol. The number of nitrogens with zero attached hydrogens (tertiary/aromatic N) is 1. The molecule has 0 spiro atoms. The molecule has 92 valence electrons. The van der Waals surface area contributed by atoms with Crippen LogP contribution in [-0.4, -0.2) is 10.5 Å². The van der Waals surface area contributed by atoms with E-state index in [4.69, 9.17) is 0 Å². The van der Waals surface area contributed by atoms with E-state index in [1.165, 1.54) is 6.42 Å². The Morgan fingerprint density at radius 1 is 1.53 bits per heavy atom. The third kappa shape index (κ3) is 2.53. The van der Waals surface area contributed by atoms with E-state index in [0.29, 0.717) is 5.69 Å². The number of halogens is 1. The molecule has 0 radical (unpaired) electrons. The van der Waals surface area contributed by atoms with Gasteiger partial charge in [0.1, 0.15) is 5.69 Å². The van der Waals surface area contributed by atoms with Crippen molar-refractivity contribution >= 4 is 34.0 Å². The zero-order chi connectivity index (χ0) is 12.5. The summed E-state index contributed by atoms with van der Waals surface area (Å²) in [6.07, 6.45) is 4.43. The van der Waals surface area contributed by atoms with Gasteiger partial charge in [0.05, 0.1) is 4.92 Å². The van der Waals surface area contributed by atoms with Crippen molar-refractivity contribution in [1.82, 2.24) is 0 Å². The van der Waals surface area contributed by atoms with Crippen LogP contribution in [0.15, 0.2) is 18.2 Å². The van der Waals surface area contributed by atoms with Gasteiger partial charge in [0.15, 0.2) is 0 Å². The smallest absolute Gasteiger partial charge is 0.293 e. The number of benzene rings is 1. The highest BCUT2D eigenvalue weighted by atomic mass is 127. The molecule has 0 aromatic heterocycles. The fourth-order valence-corrected chi connectivity index (χ4v) is 2.69. The number of rotatable bonds is 4. The maximum Gasteiger partial charge on any atom is 0.293 e. The van der Waals surface area contributed by atoms with Gasteiger partial charge >= 0.3 is 0 Å². The number of hydrogen-bond donors (Lipinski definition) is 1. The van der Waals surface area contributed by atoms with Gasteiger partial charge in [0.25, 0.3) is 5.69 Å². The SMILES string of the molecule is CCC1(Nc2ccc(I)cc2[N+](=O)[O-])CCC1. The van der Waals surface area contributed by atoms with E-state index < -0.39 is 0 Å². The first kappa shape index (κ1) is 12.6. The van der Waals surface area contributed by atoms with Crippen LogP contribution in [0.25, 0.3) is 0 Å². The number of hydrogen-bond acceptors (Lipinski definition) is 3. The number of nitro groups is 1. The standard InChI is InChI=1S/C12H15IN2O2/c1-2-12(6-3-7-12)14-10-5-4-9(13)8-11(10)15(16)17/h4-5,8,14H,2-3,6-7H2,1H3. The van der Waals surface area contributed by atoms with E-state index in [0.717, 1.165) is 22.8 Å². The van der Waals surface area contributed by atoms with E-state index in [2.05, 4.69) is 34.8 Å². The highest BCUT2D eigenvalue weighted by Crippen LogP contribution is 2.40. The summed E-state index contributed by atoms with van der Waals surface area (Å²) in [5.74, 6) is 0. The normalized spacial score (nSPS) is 17.3. The van der Waals surface area contributed by atoms with Crippen LogP contribution >= 0.6 is 22.6 Å². The summed E-state index contributed by atoms with van der Waals surface area (Å²) >= 11 is 2.09. The first-order valence-corrected chi connectivity index (χ1v) is 6.86. The van der Waals surface area contributed by atoms with Crippen LogP contribution in [0, 0.1) is 13.7 Å². The molecule has 1 aromatic carbocycles. The van der Waals surface area contributed by atoms with Gasteiger partial charge in [-0.3, -0.25) is 10.1 Å². The first-order valence-electron chi connectivity index (χ1n) is 5.78. The third-order valence-corrected chi connectivity index (χ3v) is 4.21. The molecule has 1 aromatic rings. The minimum atomic E-state index is -0.313. The van der Waals surface area contributed by atoms with Crippen molar-refractivity contribution in [2.24, 2.45) is 0 Å². The Hall–Kier alpha value is -0.850. The van der Waals surface area contributed by atoms with Crippen molar-refractivity contribution in [2.75, 3.05) is 5.32 Å². The van der Waals surface area contributed by atoms with Gasteiger partial charge in [0.2, 0.25) is 0 Å². The van der Waals surface area contributed by atoms with Crippen molar-refractivity contribution < 1.29 is 4.92 Å². The molecule has 0 aliphatic heterocycles. The van der Waals surface area contributed by atoms with Gasteiger partial charge in [0, 0.05) is 15.2 Å². The van der Waals surface area contributed by atoms with Gasteiger partial charge in [-0.25, -0.2) is 0 Å². The molecule has 0 bridgehead atoms. The molecular weight excluding hydrogens is 331 g/mol. The Labute approximate surface area is 114 Å². The predicted octanol–water partition coefficient (Wildman–Crippen LogP) is 3.94. The van der Waals surface area contributed by atoms with Crippen LogP contribution in [0.2, 0.25) is 0 Å². The van der Waals surface area contributed by atoms with Gasteiger partial charge in [-0.15, -0.1) is 0 Å². The molecule has 2 rings (SSSR count). The minimum Gasteiger partial charge on any atom is -0.374 e. The molecule has 0 atom stereocenters. The molecule has 1 aliphatic rings. The molecular formula is C12H15IN2O2. The molecule has 0 unspecified atom stereocenters. The van der Waals surface area contributed by atoms with Crippen LogP contribution in [0.5, 0.6) is 0 Å². The quantitative estimate of drug-likeness (QED) is 0.510. The molecule has 1 N–H and O–H groups in total. The van der Waals surface area contributed by atoms with Crippen molar-refractivity contribution in [3.8, 4) is 0 Å². The van der Waals surface area contributed by atoms with E-state index in [1.54, 1.807) is 6.07 Å². The minimum absolute atomic E-state index is 0.0809. The molecule has 1 fully saturated rings. The second-order valence-corrected chi connectivity index (χ2v) is 5.78. The van der Waals surface area contributed by atoms with Gasteiger partial charge < -0.3 is 5.32 Å². The predicted molar refractivity (Wildman–Crippen MR) is 76.3 cm³/mol. The average Bonchev–Trinajstić information content (AvgIpc) is 2.25. The third-order valence-electron chi connectivity index (χ3n) is 3.54. The number of nitro benzene ring substituents is 1. The number of nitrogens with one attached hydrogen (secondary N) is 1. The van der Waals surface area contributed by atoms with E-state index in [9.17, 15) is 10.1 Å². The zero-order valence-corrected chi connectivity index (χ0v) is 11.9. The molecule has 1 saturated carbocycles. The van der Waals surface area contributed by atoms with Crippen molar-refractivity contribution in [3.05, 3.63) is 31.9 Å². The topological polar surface area (TPSA) is 55.2 Å². The van der Waals surface area contributed by atoms with Gasteiger partial charge in [-0.1, -0.05) is 6.92 Å². The largest absolute Gasteiger partial charge is 0.374 e. The maximum atomic E-state index is 11.0. The van der Waals surface area contributed by atoms with Crippen LogP contribution in [0.4, 0.5) is 11.4 Å². The second kappa shape index (κ2) is 4.80. The van der Waals surface area contributed by atoms with Crippen LogP contribution in [-0.2, 0) is 0 Å². The summed E-state index contributed by atoms with van der Waals surface area (Å²) in [6, 6.07) is 5.33. The van der Waals surface area contributed by atoms with Gasteiger partial charge in [-0.05, 0) is 60.4 Å². The fraction of sp³-hybridized carbons (Fsp3) is 0.500. The summed E-state index contributed by atoms with van der Waals surface area (Å²) in [7, 11) is 0. The van der Waals surface area contributed by atoms with E-state index in [1.807, 2.05) is 12.1 Å². The summed E-state index contributed by atoms with van der Waals surface area (Å²) in [5, 5.41) is 14.4. The summed E-state index contributed by atoms with van der Waals surface area (Å²) in [5.41, 5.74) is 0.908. The lowest BCUT2D eigenvalue weighted by atomic mass is 9.74. The van der Waals surface area contributed by atoms with Crippen molar-refractivity contribution in [3.63, 3.8) is 0 Å². The van der Waals surface area contributed by atoms with Crippen LogP contribution in [0.3, 0.4) is 0 Å². The maximum absolute atomic E-state index is 11.0. The first-order chi connectivity index (χ1) is 8.06. The van der Waals surface area contributed by atoms with Gasteiger partial charge in [-0.2, -0.15) is 0 Å². The Bertz CT molecular complexity index is 439. The summed E-state index contributed by atoms with van der Waals surface area (Å²) < 4.78 is 0.888. The van der Waals surface area contributed by atoms with Crippen molar-refractivity contribution in [2.45, 2.75) is 38.1 Å². The van der Waals surface area contributed by atoms with E-state index >= 15 is 0 Å². The highest BCUT2D eigenvalue weighted by Gasteiger charge is 2.36. The lowest BCUT2D eigenvalue weighted by Crippen LogP contribution is -2.44. The molecule has 5 heteroatoms. The second-order valence-electron chi connectivity index (χ2n) is 4.53. The Balaban J connectivity index is 2.29. The summed E-state index contributed by atoms with van der Waals surface area (Å²) in [6.45, 7) is 2.13. The molecule has 0 amide bonds.